The number of benzene rings is 2. The number of ether oxygens (including phenoxy) is 3. The van der Waals surface area contributed by atoms with Crippen LogP contribution in [0.2, 0.25) is 0 Å². The fourth-order valence-corrected chi connectivity index (χ4v) is 3.28. The Labute approximate surface area is 201 Å². The fraction of sp³-hybridized carbons (Fsp3) is 0.423. The average Bonchev–Trinajstić information content (AvgIpc) is 2.77. The van der Waals surface area contributed by atoms with Crippen LogP contribution in [0.15, 0.2) is 30.3 Å². The third-order valence-electron chi connectivity index (χ3n) is 4.77. The summed E-state index contributed by atoms with van der Waals surface area (Å²) < 4.78 is 16.4. The van der Waals surface area contributed by atoms with Crippen LogP contribution >= 0.6 is 0 Å². The molecule has 0 aromatic heterocycles. The number of anilines is 1. The van der Waals surface area contributed by atoms with Gasteiger partial charge in [0.2, 0.25) is 5.91 Å². The highest BCUT2D eigenvalue weighted by atomic mass is 16.5. The molecular formula is C26H34N2O6. The Balaban J connectivity index is 1.87. The van der Waals surface area contributed by atoms with Crippen molar-refractivity contribution >= 4 is 23.5 Å². The van der Waals surface area contributed by atoms with Crippen LogP contribution in [-0.2, 0) is 14.3 Å². The number of amides is 2. The van der Waals surface area contributed by atoms with Crippen LogP contribution in [0.25, 0.3) is 0 Å². The van der Waals surface area contributed by atoms with Crippen LogP contribution in [0.1, 0.15) is 47.8 Å². The molecular weight excluding hydrogens is 436 g/mol. The molecule has 2 aromatic carbocycles. The Morgan fingerprint density at radius 3 is 2.21 bits per heavy atom. The molecule has 8 nitrogen and oxygen atoms in total. The van der Waals surface area contributed by atoms with Crippen LogP contribution in [0.4, 0.5) is 5.69 Å². The molecule has 2 aromatic rings. The normalized spacial score (nSPS) is 10.6. The van der Waals surface area contributed by atoms with Crippen LogP contribution in [0.5, 0.6) is 11.5 Å². The van der Waals surface area contributed by atoms with E-state index >= 15 is 0 Å². The highest BCUT2D eigenvalue weighted by Crippen LogP contribution is 2.29. The van der Waals surface area contributed by atoms with Crippen LogP contribution in [0, 0.1) is 26.7 Å². The van der Waals surface area contributed by atoms with Crippen molar-refractivity contribution in [3.8, 4) is 11.5 Å². The van der Waals surface area contributed by atoms with Gasteiger partial charge in [0.05, 0.1) is 25.3 Å². The minimum absolute atomic E-state index is 0.233. The molecule has 2 rings (SSSR count). The molecule has 2 N–H and O–H groups in total. The molecule has 8 heteroatoms. The van der Waals surface area contributed by atoms with E-state index in [-0.39, 0.29) is 18.0 Å². The van der Waals surface area contributed by atoms with Crippen LogP contribution < -0.4 is 20.1 Å². The second-order valence-corrected chi connectivity index (χ2v) is 8.47. The van der Waals surface area contributed by atoms with Crippen molar-refractivity contribution in [2.75, 3.05) is 31.7 Å². The molecule has 34 heavy (non-hydrogen) atoms. The lowest BCUT2D eigenvalue weighted by Crippen LogP contribution is -2.35. The SMILES string of the molecule is CCOc1cc(C(=O)OCC(=O)NCC(=O)Nc2c(C)cc(C)cc2C)ccc1OCC(C)C. The van der Waals surface area contributed by atoms with Gasteiger partial charge in [-0.05, 0) is 62.9 Å². The molecule has 2 amide bonds. The quantitative estimate of drug-likeness (QED) is 0.482. The highest BCUT2D eigenvalue weighted by Gasteiger charge is 2.16. The van der Waals surface area contributed by atoms with E-state index in [1.807, 2.05) is 53.7 Å². The largest absolute Gasteiger partial charge is 0.490 e. The van der Waals surface area contributed by atoms with E-state index in [0.29, 0.717) is 30.6 Å². The van der Waals surface area contributed by atoms with E-state index < -0.39 is 18.5 Å². The second kappa shape index (κ2) is 12.6. The average molecular weight is 471 g/mol. The summed E-state index contributed by atoms with van der Waals surface area (Å²) in [6, 6.07) is 8.67. The molecule has 0 saturated carbocycles. The highest BCUT2D eigenvalue weighted by molar-refractivity contribution is 5.96. The zero-order valence-electron chi connectivity index (χ0n) is 20.7. The molecule has 184 valence electrons. The Morgan fingerprint density at radius 1 is 0.912 bits per heavy atom. The predicted molar refractivity (Wildman–Crippen MR) is 131 cm³/mol. The van der Waals surface area contributed by atoms with Gasteiger partial charge in [-0.2, -0.15) is 0 Å². The molecule has 0 spiro atoms. The maximum absolute atomic E-state index is 12.4. The molecule has 0 radical (unpaired) electrons. The standard InChI is InChI=1S/C26H34N2O6/c1-7-32-22-12-20(8-9-21(22)33-14-16(2)3)26(31)34-15-24(30)27-13-23(29)28-25-18(5)10-17(4)11-19(25)6/h8-12,16H,7,13-15H2,1-6H3,(H,27,30)(H,28,29). The first-order valence-electron chi connectivity index (χ1n) is 11.3. The Morgan fingerprint density at radius 2 is 1.59 bits per heavy atom. The smallest absolute Gasteiger partial charge is 0.338 e. The van der Waals surface area contributed by atoms with Crippen LogP contribution in [-0.4, -0.2) is 44.1 Å². The summed E-state index contributed by atoms with van der Waals surface area (Å²) in [7, 11) is 0. The molecule has 0 aliphatic heterocycles. The predicted octanol–water partition coefficient (Wildman–Crippen LogP) is 3.96. The van der Waals surface area contributed by atoms with E-state index in [4.69, 9.17) is 14.2 Å². The van der Waals surface area contributed by atoms with Crippen molar-refractivity contribution in [3.05, 3.63) is 52.6 Å². The van der Waals surface area contributed by atoms with Gasteiger partial charge in [0.25, 0.3) is 5.91 Å². The van der Waals surface area contributed by atoms with Gasteiger partial charge in [0, 0.05) is 5.69 Å². The van der Waals surface area contributed by atoms with Gasteiger partial charge in [-0.15, -0.1) is 0 Å². The number of hydrogen-bond donors (Lipinski definition) is 2. The monoisotopic (exact) mass is 470 g/mol. The number of aryl methyl sites for hydroxylation is 3. The van der Waals surface area contributed by atoms with Gasteiger partial charge < -0.3 is 24.8 Å². The van der Waals surface area contributed by atoms with Crippen molar-refractivity contribution in [2.45, 2.75) is 41.5 Å². The number of esters is 1. The number of carbonyl (C=O) groups is 3. The van der Waals surface area contributed by atoms with Gasteiger partial charge in [-0.25, -0.2) is 4.79 Å². The lowest BCUT2D eigenvalue weighted by atomic mass is 10.1. The van der Waals surface area contributed by atoms with Crippen molar-refractivity contribution in [1.29, 1.82) is 0 Å². The third-order valence-corrected chi connectivity index (χ3v) is 4.77. The minimum Gasteiger partial charge on any atom is -0.490 e. The number of carbonyl (C=O) groups excluding carboxylic acids is 3. The molecule has 0 heterocycles. The van der Waals surface area contributed by atoms with Gasteiger partial charge >= 0.3 is 5.97 Å². The van der Waals surface area contributed by atoms with Crippen LogP contribution in [0.3, 0.4) is 0 Å². The number of rotatable bonds is 11. The Hall–Kier alpha value is -3.55. The van der Waals surface area contributed by atoms with E-state index in [9.17, 15) is 14.4 Å². The minimum atomic E-state index is -0.679. The first-order valence-corrected chi connectivity index (χ1v) is 11.3. The molecule has 0 atom stereocenters. The molecule has 0 fully saturated rings. The van der Waals surface area contributed by atoms with E-state index in [1.165, 1.54) is 6.07 Å². The molecule has 0 unspecified atom stereocenters. The number of hydrogen-bond acceptors (Lipinski definition) is 6. The van der Waals surface area contributed by atoms with E-state index in [0.717, 1.165) is 22.4 Å². The van der Waals surface area contributed by atoms with Crippen molar-refractivity contribution in [2.24, 2.45) is 5.92 Å². The summed E-state index contributed by atoms with van der Waals surface area (Å²) in [5.41, 5.74) is 3.95. The maximum Gasteiger partial charge on any atom is 0.338 e. The number of nitrogens with one attached hydrogen (secondary N) is 2. The van der Waals surface area contributed by atoms with Crippen molar-refractivity contribution in [1.82, 2.24) is 5.32 Å². The molecule has 0 saturated heterocycles. The second-order valence-electron chi connectivity index (χ2n) is 8.47. The molecule has 0 bridgehead atoms. The summed E-state index contributed by atoms with van der Waals surface area (Å²) >= 11 is 0. The summed E-state index contributed by atoms with van der Waals surface area (Å²) in [4.78, 5) is 36.7. The molecule has 0 aliphatic carbocycles. The summed E-state index contributed by atoms with van der Waals surface area (Å²) in [6.07, 6.45) is 0. The third kappa shape index (κ3) is 8.10. The Bertz CT molecular complexity index is 1010. The first-order chi connectivity index (χ1) is 16.1. The fourth-order valence-electron chi connectivity index (χ4n) is 3.28. The van der Waals surface area contributed by atoms with E-state index in [1.54, 1.807) is 12.1 Å². The van der Waals surface area contributed by atoms with Gasteiger partial charge in [-0.1, -0.05) is 31.5 Å². The lowest BCUT2D eigenvalue weighted by Gasteiger charge is -2.14. The summed E-state index contributed by atoms with van der Waals surface area (Å²) in [6.45, 7) is 11.9. The van der Waals surface area contributed by atoms with E-state index in [2.05, 4.69) is 10.6 Å². The van der Waals surface area contributed by atoms with Gasteiger partial charge in [-0.3, -0.25) is 9.59 Å². The first kappa shape index (κ1) is 26.7. The Kier molecular flexibility index (Phi) is 9.92. The van der Waals surface area contributed by atoms with Gasteiger partial charge in [0.1, 0.15) is 0 Å². The summed E-state index contributed by atoms with van der Waals surface area (Å²) in [5, 5.41) is 5.26. The zero-order chi connectivity index (χ0) is 25.3. The zero-order valence-corrected chi connectivity index (χ0v) is 20.7. The van der Waals surface area contributed by atoms with Gasteiger partial charge in [0.15, 0.2) is 18.1 Å². The van der Waals surface area contributed by atoms with Crippen molar-refractivity contribution < 1.29 is 28.6 Å². The summed E-state index contributed by atoms with van der Waals surface area (Å²) in [5.74, 6) is -0.322. The lowest BCUT2D eigenvalue weighted by molar-refractivity contribution is -0.126. The van der Waals surface area contributed by atoms with Crippen molar-refractivity contribution in [3.63, 3.8) is 0 Å². The molecule has 0 aliphatic rings. The topological polar surface area (TPSA) is 103 Å². The maximum atomic E-state index is 12.4.